The molecule has 1 atom stereocenters. The molecule has 0 amide bonds. The summed E-state index contributed by atoms with van der Waals surface area (Å²) in [5.74, 6) is 0. The molecule has 0 aliphatic heterocycles. The van der Waals surface area contributed by atoms with Gasteiger partial charge in [-0.15, -0.1) is 11.2 Å². The van der Waals surface area contributed by atoms with E-state index in [9.17, 15) is 0 Å². The first-order valence-electron chi connectivity index (χ1n) is 1.94. The molecule has 0 N–H and O–H groups in total. The molecule has 38 valence electrons. The van der Waals surface area contributed by atoms with Crippen LogP contribution in [0.3, 0.4) is 0 Å². The van der Waals surface area contributed by atoms with Gasteiger partial charge in [0.1, 0.15) is 0 Å². The van der Waals surface area contributed by atoms with Crippen LogP contribution < -0.4 is 0 Å². The lowest BCUT2D eigenvalue weighted by molar-refractivity contribution is 1.88. The van der Waals surface area contributed by atoms with Crippen molar-refractivity contribution >= 4 is 26.5 Å². The van der Waals surface area contributed by atoms with E-state index in [-0.39, 0.29) is 0 Å². The molecular weight excluding hydrogens is 131 g/mol. The normalized spacial score (nSPS) is 14.0. The van der Waals surface area contributed by atoms with E-state index in [2.05, 4.69) is 19.6 Å². The van der Waals surface area contributed by atoms with Gasteiger partial charge in [-0.25, -0.2) is 0 Å². The van der Waals surface area contributed by atoms with E-state index in [0.717, 1.165) is 0 Å². The molecule has 0 spiro atoms. The maximum atomic E-state index is 5.57. The van der Waals surface area contributed by atoms with Gasteiger partial charge in [0.25, 0.3) is 0 Å². The summed E-state index contributed by atoms with van der Waals surface area (Å²) in [6, 6.07) is 0. The van der Waals surface area contributed by atoms with Crippen LogP contribution >= 0.6 is 18.7 Å². The summed E-state index contributed by atoms with van der Waals surface area (Å²) in [6.45, 7) is 6.79. The average molecular weight is 141 g/mol. The van der Waals surface area contributed by atoms with Gasteiger partial charge in [-0.2, -0.15) is 0 Å². The lowest BCUT2D eigenvalue weighted by atomic mass is 11.8. The Balaban J connectivity index is 3.17. The molecule has 6 heavy (non-hydrogen) atoms. The predicted octanol–water partition coefficient (Wildman–Crippen LogP) is 2.65. The Morgan fingerprint density at radius 2 is 1.50 bits per heavy atom. The standard InChI is InChI=1S/C3H10ClPSi/c1-6(2,3)5-4/h5H,1-3H3. The molecule has 0 heterocycles. The molecule has 0 saturated heterocycles. The van der Waals surface area contributed by atoms with E-state index >= 15 is 0 Å². The lowest BCUT2D eigenvalue weighted by Crippen LogP contribution is -2.08. The van der Waals surface area contributed by atoms with E-state index in [1.165, 1.54) is 0 Å². The highest BCUT2D eigenvalue weighted by atomic mass is 35.7. The van der Waals surface area contributed by atoms with Crippen molar-refractivity contribution in [1.29, 1.82) is 0 Å². The summed E-state index contributed by atoms with van der Waals surface area (Å²) in [4.78, 5) is 0. The smallest absolute Gasteiger partial charge is 0.0869 e. The average Bonchev–Trinajstić information content (AvgIpc) is 1.35. The predicted molar refractivity (Wildman–Crippen MR) is 37.5 cm³/mol. The first kappa shape index (κ1) is 6.94. The zero-order chi connectivity index (χ0) is 5.21. The second kappa shape index (κ2) is 2.30. The van der Waals surface area contributed by atoms with Gasteiger partial charge in [0.15, 0.2) is 0 Å². The maximum absolute atomic E-state index is 5.57. The zero-order valence-electron chi connectivity index (χ0n) is 4.38. The summed E-state index contributed by atoms with van der Waals surface area (Å²) >= 11 is 5.57. The Bertz CT molecular complexity index is 40.5. The summed E-state index contributed by atoms with van der Waals surface area (Å²) in [5.41, 5.74) is 0. The van der Waals surface area contributed by atoms with Crippen LogP contribution in [-0.2, 0) is 0 Å². The van der Waals surface area contributed by atoms with Crippen molar-refractivity contribution in [2.75, 3.05) is 0 Å². The second-order valence-electron chi connectivity index (χ2n) is 2.34. The molecule has 0 radical (unpaired) electrons. The number of hydrogen-bond acceptors (Lipinski definition) is 0. The van der Waals surface area contributed by atoms with Gasteiger partial charge >= 0.3 is 0 Å². The van der Waals surface area contributed by atoms with E-state index in [1.54, 1.807) is 0 Å². The molecule has 1 unspecified atom stereocenters. The number of halogens is 1. The van der Waals surface area contributed by atoms with Crippen molar-refractivity contribution in [3.05, 3.63) is 0 Å². The lowest BCUT2D eigenvalue weighted by Gasteiger charge is -2.07. The minimum atomic E-state index is -0.838. The van der Waals surface area contributed by atoms with Crippen molar-refractivity contribution in [2.45, 2.75) is 19.6 Å². The fraction of sp³-hybridized carbons (Fsp3) is 1.00. The fourth-order valence-electron chi connectivity index (χ4n) is 0. The maximum Gasteiger partial charge on any atom is 0.0869 e. The van der Waals surface area contributed by atoms with Gasteiger partial charge in [0.2, 0.25) is 0 Å². The minimum absolute atomic E-state index is 0.678. The number of hydrogen-bond donors (Lipinski definition) is 0. The van der Waals surface area contributed by atoms with Crippen molar-refractivity contribution in [1.82, 2.24) is 0 Å². The molecule has 3 heteroatoms. The summed E-state index contributed by atoms with van der Waals surface area (Å²) in [6.07, 6.45) is 0. The van der Waals surface area contributed by atoms with Crippen molar-refractivity contribution < 1.29 is 0 Å². The van der Waals surface area contributed by atoms with Crippen LogP contribution in [0.25, 0.3) is 0 Å². The van der Waals surface area contributed by atoms with E-state index in [1.807, 2.05) is 0 Å². The molecule has 0 aromatic rings. The highest BCUT2D eigenvalue weighted by Crippen LogP contribution is 2.30. The molecule has 0 aromatic carbocycles. The number of rotatable bonds is 1. The highest BCUT2D eigenvalue weighted by molar-refractivity contribution is 7.99. The zero-order valence-corrected chi connectivity index (χ0v) is 7.13. The molecule has 0 aromatic heterocycles. The minimum Gasteiger partial charge on any atom is -0.105 e. The van der Waals surface area contributed by atoms with E-state index < -0.39 is 7.74 Å². The van der Waals surface area contributed by atoms with Crippen LogP contribution in [0.2, 0.25) is 19.6 Å². The third-order valence-corrected chi connectivity index (χ3v) is 7.65. The van der Waals surface area contributed by atoms with Crippen molar-refractivity contribution in [2.24, 2.45) is 0 Å². The molecule has 0 aliphatic rings. The Hall–Kier alpha value is 0.937. The van der Waals surface area contributed by atoms with Gasteiger partial charge in [-0.3, -0.25) is 0 Å². The van der Waals surface area contributed by atoms with Crippen LogP contribution in [0.15, 0.2) is 0 Å². The Labute approximate surface area is 46.7 Å². The quantitative estimate of drug-likeness (QED) is 0.388. The summed E-state index contributed by atoms with van der Waals surface area (Å²) < 4.78 is 0. The summed E-state index contributed by atoms with van der Waals surface area (Å²) in [7, 11) is -0.160. The highest BCUT2D eigenvalue weighted by Gasteiger charge is 2.09. The Kier molecular flexibility index (Phi) is 2.66. The summed E-state index contributed by atoms with van der Waals surface area (Å²) in [5, 5.41) is 0. The molecule has 0 rings (SSSR count). The van der Waals surface area contributed by atoms with Crippen LogP contribution in [0.1, 0.15) is 0 Å². The molecule has 0 bridgehead atoms. The van der Waals surface area contributed by atoms with Gasteiger partial charge in [0.05, 0.1) is 7.74 Å². The molecule has 0 aliphatic carbocycles. The molecule has 0 nitrogen and oxygen atoms in total. The molecular formula is C3H10ClPSi. The largest absolute Gasteiger partial charge is 0.105 e. The monoisotopic (exact) mass is 140 g/mol. The fourth-order valence-corrected chi connectivity index (χ4v) is 0. The van der Waals surface area contributed by atoms with Crippen LogP contribution in [0.5, 0.6) is 0 Å². The van der Waals surface area contributed by atoms with Crippen molar-refractivity contribution in [3.8, 4) is 0 Å². The van der Waals surface area contributed by atoms with Gasteiger partial charge in [-0.05, 0) is 7.48 Å². The third kappa shape index (κ3) is 4.94. The second-order valence-corrected chi connectivity index (χ2v) is 13.8. The first-order chi connectivity index (χ1) is 2.56. The Morgan fingerprint density at radius 3 is 1.50 bits per heavy atom. The Morgan fingerprint density at radius 1 is 1.33 bits per heavy atom. The molecule has 0 fully saturated rings. The topological polar surface area (TPSA) is 0 Å². The van der Waals surface area contributed by atoms with Crippen LogP contribution in [-0.4, -0.2) is 7.74 Å². The van der Waals surface area contributed by atoms with Gasteiger partial charge < -0.3 is 0 Å². The van der Waals surface area contributed by atoms with Crippen molar-refractivity contribution in [3.63, 3.8) is 0 Å². The first-order valence-corrected chi connectivity index (χ1v) is 8.45. The third-order valence-electron chi connectivity index (χ3n) is 0.283. The van der Waals surface area contributed by atoms with Gasteiger partial charge in [0, 0.05) is 0 Å². The molecule has 0 saturated carbocycles. The SMILES string of the molecule is C[Si](C)(C)PCl. The van der Waals surface area contributed by atoms with E-state index in [4.69, 9.17) is 11.2 Å². The van der Waals surface area contributed by atoms with E-state index in [0.29, 0.717) is 7.48 Å². The van der Waals surface area contributed by atoms with Crippen LogP contribution in [0.4, 0.5) is 0 Å². The van der Waals surface area contributed by atoms with Gasteiger partial charge in [-0.1, -0.05) is 19.6 Å². The van der Waals surface area contributed by atoms with Crippen LogP contribution in [0, 0.1) is 0 Å².